The van der Waals surface area contributed by atoms with Crippen molar-refractivity contribution in [2.24, 2.45) is 0 Å². The van der Waals surface area contributed by atoms with Crippen molar-refractivity contribution in [3.05, 3.63) is 66.8 Å². The topological polar surface area (TPSA) is 17.1 Å². The van der Waals surface area contributed by atoms with Gasteiger partial charge in [-0.1, -0.05) is 37.6 Å². The molecule has 2 aromatic rings. The third-order valence-electron chi connectivity index (χ3n) is 3.43. The summed E-state index contributed by atoms with van der Waals surface area (Å²) < 4.78 is 2.58. The van der Waals surface area contributed by atoms with Crippen LogP contribution in [-0.4, -0.2) is 6.29 Å². The molecule has 0 radical (unpaired) electrons. The molecule has 0 bridgehead atoms. The second-order valence-corrected chi connectivity index (χ2v) is 7.91. The van der Waals surface area contributed by atoms with Crippen LogP contribution in [0.15, 0.2) is 48.5 Å². The van der Waals surface area contributed by atoms with Crippen molar-refractivity contribution >= 4 is 51.5 Å². The van der Waals surface area contributed by atoms with E-state index in [0.29, 0.717) is 6.42 Å². The third kappa shape index (κ3) is 10.1. The minimum atomic E-state index is 0.673. The highest BCUT2D eigenvalue weighted by molar-refractivity contribution is 14.1. The van der Waals surface area contributed by atoms with Crippen molar-refractivity contribution < 1.29 is 4.79 Å². The van der Waals surface area contributed by atoms with E-state index in [1.165, 1.54) is 37.5 Å². The Hall–Kier alpha value is -0.430. The van der Waals surface area contributed by atoms with Crippen molar-refractivity contribution in [1.82, 2.24) is 0 Å². The second kappa shape index (κ2) is 12.9. The zero-order valence-electron chi connectivity index (χ0n) is 13.6. The van der Waals surface area contributed by atoms with Crippen LogP contribution < -0.4 is 0 Å². The van der Waals surface area contributed by atoms with Crippen LogP contribution in [-0.2, 0) is 17.6 Å². The lowest BCUT2D eigenvalue weighted by molar-refractivity contribution is -0.107. The number of halogens is 2. The summed E-state index contributed by atoms with van der Waals surface area (Å²) in [6, 6.07) is 17.2. The van der Waals surface area contributed by atoms with Gasteiger partial charge in [0.15, 0.2) is 0 Å². The molecule has 0 N–H and O–H groups in total. The maximum Gasteiger partial charge on any atom is 0.120 e. The monoisotopic (exact) mass is 534 g/mol. The Kier molecular flexibility index (Phi) is 11.6. The minimum absolute atomic E-state index is 0.673. The third-order valence-corrected chi connectivity index (χ3v) is 4.87. The van der Waals surface area contributed by atoms with Crippen LogP contribution in [0.5, 0.6) is 0 Å². The number of aldehydes is 1. The Morgan fingerprint density at radius 1 is 0.783 bits per heavy atom. The van der Waals surface area contributed by atoms with Gasteiger partial charge in [0.2, 0.25) is 0 Å². The van der Waals surface area contributed by atoms with E-state index in [2.05, 4.69) is 101 Å². The van der Waals surface area contributed by atoms with Gasteiger partial charge in [-0.15, -0.1) is 0 Å². The van der Waals surface area contributed by atoms with Crippen LogP contribution in [0.4, 0.5) is 0 Å². The normalized spacial score (nSPS) is 9.87. The molecule has 0 saturated carbocycles. The van der Waals surface area contributed by atoms with E-state index >= 15 is 0 Å². The fraction of sp³-hybridized carbons (Fsp3) is 0.350. The molecule has 0 atom stereocenters. The first-order valence-electron chi connectivity index (χ1n) is 8.08. The van der Waals surface area contributed by atoms with Crippen LogP contribution >= 0.6 is 45.2 Å². The molecule has 2 rings (SSSR count). The van der Waals surface area contributed by atoms with Crippen molar-refractivity contribution in [3.63, 3.8) is 0 Å². The largest absolute Gasteiger partial charge is 0.303 e. The molecule has 0 unspecified atom stereocenters. The predicted molar refractivity (Wildman–Crippen MR) is 116 cm³/mol. The maximum atomic E-state index is 10.0. The van der Waals surface area contributed by atoms with Gasteiger partial charge < -0.3 is 4.79 Å². The van der Waals surface area contributed by atoms with E-state index in [9.17, 15) is 4.79 Å². The van der Waals surface area contributed by atoms with E-state index < -0.39 is 0 Å². The molecule has 0 aliphatic carbocycles. The molecule has 2 aromatic carbocycles. The standard InChI is InChI=1S/C10H11IO.C10H13I/c11-10-6-4-9(5-7-10)3-1-2-8-12;1-2-3-4-9-5-7-10(11)8-6-9/h4-8H,1-3H2;5-8H,2-4H2,1H3. The second-order valence-electron chi connectivity index (χ2n) is 5.42. The smallest absolute Gasteiger partial charge is 0.120 e. The first kappa shape index (κ1) is 20.6. The molecule has 0 fully saturated rings. The van der Waals surface area contributed by atoms with E-state index in [1.807, 2.05) is 0 Å². The Balaban J connectivity index is 0.000000231. The quantitative estimate of drug-likeness (QED) is 0.227. The van der Waals surface area contributed by atoms with Gasteiger partial charge in [-0.2, -0.15) is 0 Å². The average Bonchev–Trinajstić information content (AvgIpc) is 2.57. The van der Waals surface area contributed by atoms with Gasteiger partial charge in [0, 0.05) is 13.6 Å². The summed E-state index contributed by atoms with van der Waals surface area (Å²) in [5.74, 6) is 0. The maximum absolute atomic E-state index is 10.0. The van der Waals surface area contributed by atoms with Gasteiger partial charge in [0.05, 0.1) is 0 Å². The molecule has 0 spiro atoms. The van der Waals surface area contributed by atoms with Crippen LogP contribution in [0, 0.1) is 7.14 Å². The van der Waals surface area contributed by atoms with Gasteiger partial charge in [0.1, 0.15) is 6.29 Å². The number of rotatable bonds is 7. The minimum Gasteiger partial charge on any atom is -0.303 e. The van der Waals surface area contributed by atoms with Crippen molar-refractivity contribution in [2.45, 2.75) is 45.4 Å². The SMILES string of the molecule is CCCCc1ccc(I)cc1.O=CCCCc1ccc(I)cc1. The van der Waals surface area contributed by atoms with Gasteiger partial charge in [-0.25, -0.2) is 0 Å². The summed E-state index contributed by atoms with van der Waals surface area (Å²) in [4.78, 5) is 10.0. The molecule has 0 aromatic heterocycles. The van der Waals surface area contributed by atoms with E-state index in [0.717, 1.165) is 19.1 Å². The Labute approximate surface area is 167 Å². The molecule has 23 heavy (non-hydrogen) atoms. The van der Waals surface area contributed by atoms with Crippen molar-refractivity contribution in [3.8, 4) is 0 Å². The van der Waals surface area contributed by atoms with E-state index in [-0.39, 0.29) is 0 Å². The molecule has 3 heteroatoms. The molecule has 0 aliphatic heterocycles. The number of benzene rings is 2. The number of hydrogen-bond donors (Lipinski definition) is 0. The summed E-state index contributed by atoms with van der Waals surface area (Å²) in [7, 11) is 0. The zero-order chi connectivity index (χ0) is 16.9. The Morgan fingerprint density at radius 3 is 1.61 bits per heavy atom. The summed E-state index contributed by atoms with van der Waals surface area (Å²) in [5, 5.41) is 0. The molecular weight excluding hydrogens is 510 g/mol. The fourth-order valence-electron chi connectivity index (χ4n) is 2.07. The van der Waals surface area contributed by atoms with Crippen LogP contribution in [0.1, 0.15) is 43.7 Å². The van der Waals surface area contributed by atoms with Crippen molar-refractivity contribution in [1.29, 1.82) is 0 Å². The molecule has 0 aliphatic rings. The van der Waals surface area contributed by atoms with Crippen molar-refractivity contribution in [2.75, 3.05) is 0 Å². The number of hydrogen-bond acceptors (Lipinski definition) is 1. The lowest BCUT2D eigenvalue weighted by Gasteiger charge is -1.98. The number of unbranched alkanes of at least 4 members (excludes halogenated alkanes) is 2. The highest BCUT2D eigenvalue weighted by Gasteiger charge is 1.92. The van der Waals surface area contributed by atoms with E-state index in [1.54, 1.807) is 0 Å². The molecule has 124 valence electrons. The summed E-state index contributed by atoms with van der Waals surface area (Å²) in [6.45, 7) is 2.23. The van der Waals surface area contributed by atoms with Crippen LogP contribution in [0.2, 0.25) is 0 Å². The lowest BCUT2D eigenvalue weighted by Crippen LogP contribution is -1.85. The Bertz CT molecular complexity index is 547. The highest BCUT2D eigenvalue weighted by Crippen LogP contribution is 2.09. The lowest BCUT2D eigenvalue weighted by atomic mass is 10.1. The van der Waals surface area contributed by atoms with Gasteiger partial charge >= 0.3 is 0 Å². The van der Waals surface area contributed by atoms with Crippen LogP contribution in [0.25, 0.3) is 0 Å². The molecule has 0 amide bonds. The van der Waals surface area contributed by atoms with Gasteiger partial charge in [-0.05, 0) is 106 Å². The molecule has 0 saturated heterocycles. The van der Waals surface area contributed by atoms with Gasteiger partial charge in [0.25, 0.3) is 0 Å². The number of carbonyl (C=O) groups is 1. The summed E-state index contributed by atoms with van der Waals surface area (Å²) in [5.41, 5.74) is 2.78. The molecular formula is C20H24I2O. The van der Waals surface area contributed by atoms with Gasteiger partial charge in [-0.3, -0.25) is 0 Å². The summed E-state index contributed by atoms with van der Waals surface area (Å²) >= 11 is 4.62. The number of aryl methyl sites for hydroxylation is 2. The van der Waals surface area contributed by atoms with Crippen LogP contribution in [0.3, 0.4) is 0 Å². The highest BCUT2D eigenvalue weighted by atomic mass is 127. The molecule has 0 heterocycles. The first-order chi connectivity index (χ1) is 11.2. The fourth-order valence-corrected chi connectivity index (χ4v) is 2.79. The zero-order valence-corrected chi connectivity index (χ0v) is 17.9. The Morgan fingerprint density at radius 2 is 1.22 bits per heavy atom. The predicted octanol–water partition coefficient (Wildman–Crippen LogP) is 6.45. The first-order valence-corrected chi connectivity index (χ1v) is 10.2. The van der Waals surface area contributed by atoms with E-state index in [4.69, 9.17) is 0 Å². The average molecular weight is 534 g/mol. The number of carbonyl (C=O) groups excluding carboxylic acids is 1. The molecule has 1 nitrogen and oxygen atoms in total. The summed E-state index contributed by atoms with van der Waals surface area (Å²) in [6.07, 6.45) is 7.44.